The zero-order valence-electron chi connectivity index (χ0n) is 11.5. The monoisotopic (exact) mass is 226 g/mol. The van der Waals surface area contributed by atoms with E-state index in [1.807, 2.05) is 6.08 Å². The molecule has 0 aliphatic carbocycles. The molecule has 0 saturated carbocycles. The summed E-state index contributed by atoms with van der Waals surface area (Å²) in [6.45, 7) is 14.8. The fourth-order valence-corrected chi connectivity index (χ4v) is 1.86. The average molecular weight is 226 g/mol. The van der Waals surface area contributed by atoms with E-state index >= 15 is 0 Å². The highest BCUT2D eigenvalue weighted by molar-refractivity contribution is 4.68. The minimum Gasteiger partial charge on any atom is -0.314 e. The Bertz CT molecular complexity index is 147. The standard InChI is InChI=1S/C9H19N.C5H11N/c1-9(2)10-7-5-3-4-6-8-10;1-3-5-6-4-2/h9H,3-8H2,1-2H3;3,6H,1,4-5H2,2H3. The predicted molar refractivity (Wildman–Crippen MR) is 73.9 cm³/mol. The van der Waals surface area contributed by atoms with Crippen molar-refractivity contribution in [3.63, 3.8) is 0 Å². The molecule has 2 heteroatoms. The van der Waals surface area contributed by atoms with Crippen molar-refractivity contribution in [1.82, 2.24) is 10.2 Å². The first-order chi connectivity index (χ1) is 7.72. The van der Waals surface area contributed by atoms with Crippen LogP contribution in [0.15, 0.2) is 12.7 Å². The second kappa shape index (κ2) is 11.2. The Morgan fingerprint density at radius 3 is 2.06 bits per heavy atom. The number of likely N-dealkylation sites (tertiary alicyclic amines) is 1. The van der Waals surface area contributed by atoms with E-state index in [0.29, 0.717) is 0 Å². The normalized spacial score (nSPS) is 17.5. The third kappa shape index (κ3) is 8.93. The van der Waals surface area contributed by atoms with E-state index < -0.39 is 0 Å². The van der Waals surface area contributed by atoms with Crippen molar-refractivity contribution in [1.29, 1.82) is 0 Å². The Hall–Kier alpha value is -0.340. The van der Waals surface area contributed by atoms with Gasteiger partial charge in [-0.1, -0.05) is 25.8 Å². The average Bonchev–Trinajstić information content (AvgIpc) is 2.55. The Balaban J connectivity index is 0.000000325. The summed E-state index contributed by atoms with van der Waals surface area (Å²) in [5, 5.41) is 3.08. The van der Waals surface area contributed by atoms with Gasteiger partial charge in [0.15, 0.2) is 0 Å². The highest BCUT2D eigenvalue weighted by Crippen LogP contribution is 2.11. The molecule has 1 heterocycles. The van der Waals surface area contributed by atoms with Crippen LogP contribution in [0, 0.1) is 0 Å². The van der Waals surface area contributed by atoms with Crippen LogP contribution in [0.1, 0.15) is 46.5 Å². The summed E-state index contributed by atoms with van der Waals surface area (Å²) in [6, 6.07) is 0.762. The SMILES string of the molecule is C=CCNCC.CC(C)N1CCCCCC1. The molecule has 96 valence electrons. The van der Waals surface area contributed by atoms with Crippen molar-refractivity contribution in [3.05, 3.63) is 12.7 Å². The third-order valence-corrected chi connectivity index (χ3v) is 2.91. The largest absolute Gasteiger partial charge is 0.314 e. The molecule has 0 spiro atoms. The van der Waals surface area contributed by atoms with Crippen molar-refractivity contribution in [2.75, 3.05) is 26.2 Å². The van der Waals surface area contributed by atoms with Gasteiger partial charge in [0.05, 0.1) is 0 Å². The van der Waals surface area contributed by atoms with Crippen LogP contribution < -0.4 is 5.32 Å². The molecule has 1 aliphatic heterocycles. The fraction of sp³-hybridized carbons (Fsp3) is 0.857. The van der Waals surface area contributed by atoms with Crippen LogP contribution in [0.5, 0.6) is 0 Å². The number of rotatable bonds is 4. The van der Waals surface area contributed by atoms with Gasteiger partial charge in [-0.2, -0.15) is 0 Å². The minimum atomic E-state index is 0.762. The predicted octanol–water partition coefficient (Wildman–Crippen LogP) is 3.05. The lowest BCUT2D eigenvalue weighted by Gasteiger charge is -2.23. The molecule has 0 aromatic heterocycles. The van der Waals surface area contributed by atoms with Gasteiger partial charge in [-0.15, -0.1) is 6.58 Å². The maximum absolute atomic E-state index is 3.54. The molecule has 0 radical (unpaired) electrons. The molecule has 0 aromatic carbocycles. The molecular formula is C14H30N2. The number of likely N-dealkylation sites (N-methyl/N-ethyl adjacent to an activating group) is 1. The van der Waals surface area contributed by atoms with Gasteiger partial charge in [0.25, 0.3) is 0 Å². The molecule has 0 bridgehead atoms. The van der Waals surface area contributed by atoms with Crippen LogP contribution in [0.25, 0.3) is 0 Å². The van der Waals surface area contributed by atoms with E-state index in [2.05, 4.69) is 37.6 Å². The van der Waals surface area contributed by atoms with E-state index in [1.54, 1.807) is 0 Å². The van der Waals surface area contributed by atoms with Crippen LogP contribution in [0.4, 0.5) is 0 Å². The molecule has 1 aliphatic rings. The quantitative estimate of drug-likeness (QED) is 0.585. The Kier molecular flexibility index (Phi) is 10.9. The Morgan fingerprint density at radius 1 is 1.19 bits per heavy atom. The first kappa shape index (κ1) is 15.7. The Morgan fingerprint density at radius 2 is 1.75 bits per heavy atom. The maximum Gasteiger partial charge on any atom is 0.0132 e. The lowest BCUT2D eigenvalue weighted by atomic mass is 10.2. The first-order valence-electron chi connectivity index (χ1n) is 6.78. The summed E-state index contributed by atoms with van der Waals surface area (Å²) >= 11 is 0. The number of hydrogen-bond acceptors (Lipinski definition) is 2. The third-order valence-electron chi connectivity index (χ3n) is 2.91. The highest BCUT2D eigenvalue weighted by Gasteiger charge is 2.10. The second-order valence-corrected chi connectivity index (χ2v) is 4.64. The minimum absolute atomic E-state index is 0.762. The van der Waals surface area contributed by atoms with Gasteiger partial charge < -0.3 is 10.2 Å². The number of nitrogens with one attached hydrogen (secondary N) is 1. The maximum atomic E-state index is 3.54. The fourth-order valence-electron chi connectivity index (χ4n) is 1.86. The molecule has 1 fully saturated rings. The van der Waals surface area contributed by atoms with Crippen molar-refractivity contribution in [2.45, 2.75) is 52.5 Å². The van der Waals surface area contributed by atoms with E-state index in [-0.39, 0.29) is 0 Å². The van der Waals surface area contributed by atoms with Gasteiger partial charge in [0.2, 0.25) is 0 Å². The van der Waals surface area contributed by atoms with Crippen LogP contribution >= 0.6 is 0 Å². The van der Waals surface area contributed by atoms with Crippen molar-refractivity contribution >= 4 is 0 Å². The second-order valence-electron chi connectivity index (χ2n) is 4.64. The first-order valence-corrected chi connectivity index (χ1v) is 6.78. The molecule has 0 aromatic rings. The van der Waals surface area contributed by atoms with Crippen molar-refractivity contribution < 1.29 is 0 Å². The molecule has 16 heavy (non-hydrogen) atoms. The van der Waals surface area contributed by atoms with Crippen molar-refractivity contribution in [3.8, 4) is 0 Å². The van der Waals surface area contributed by atoms with Gasteiger partial charge in [0.1, 0.15) is 0 Å². The zero-order chi connectivity index (χ0) is 12.2. The van der Waals surface area contributed by atoms with Crippen LogP contribution in [-0.4, -0.2) is 37.1 Å². The lowest BCUT2D eigenvalue weighted by molar-refractivity contribution is 0.231. The van der Waals surface area contributed by atoms with Gasteiger partial charge in [0, 0.05) is 12.6 Å². The van der Waals surface area contributed by atoms with Crippen LogP contribution in [0.2, 0.25) is 0 Å². The van der Waals surface area contributed by atoms with E-state index in [1.165, 1.54) is 38.8 Å². The summed E-state index contributed by atoms with van der Waals surface area (Å²) in [5.41, 5.74) is 0. The van der Waals surface area contributed by atoms with Crippen LogP contribution in [0.3, 0.4) is 0 Å². The smallest absolute Gasteiger partial charge is 0.0132 e. The molecule has 2 nitrogen and oxygen atoms in total. The van der Waals surface area contributed by atoms with Gasteiger partial charge in [-0.25, -0.2) is 0 Å². The molecule has 1 saturated heterocycles. The van der Waals surface area contributed by atoms with Crippen molar-refractivity contribution in [2.24, 2.45) is 0 Å². The van der Waals surface area contributed by atoms with Gasteiger partial charge in [-0.05, 0) is 46.3 Å². The Labute approximate surface area is 102 Å². The summed E-state index contributed by atoms with van der Waals surface area (Å²) in [7, 11) is 0. The topological polar surface area (TPSA) is 15.3 Å². The molecule has 0 unspecified atom stereocenters. The molecule has 1 rings (SSSR count). The highest BCUT2D eigenvalue weighted by atomic mass is 15.1. The number of nitrogens with zero attached hydrogens (tertiary/aromatic N) is 1. The van der Waals surface area contributed by atoms with Crippen LogP contribution in [-0.2, 0) is 0 Å². The summed E-state index contributed by atoms with van der Waals surface area (Å²) < 4.78 is 0. The lowest BCUT2D eigenvalue weighted by Crippen LogP contribution is -2.31. The molecule has 0 atom stereocenters. The zero-order valence-corrected chi connectivity index (χ0v) is 11.5. The molecular weight excluding hydrogens is 196 g/mol. The molecule has 0 amide bonds. The summed E-state index contributed by atoms with van der Waals surface area (Å²) in [5.74, 6) is 0. The summed E-state index contributed by atoms with van der Waals surface area (Å²) in [4.78, 5) is 2.59. The van der Waals surface area contributed by atoms with E-state index in [0.717, 1.165) is 19.1 Å². The van der Waals surface area contributed by atoms with Gasteiger partial charge in [-0.3, -0.25) is 0 Å². The van der Waals surface area contributed by atoms with E-state index in [4.69, 9.17) is 0 Å². The van der Waals surface area contributed by atoms with E-state index in [9.17, 15) is 0 Å². The van der Waals surface area contributed by atoms with Gasteiger partial charge >= 0.3 is 0 Å². The number of hydrogen-bond donors (Lipinski definition) is 1. The molecule has 1 N–H and O–H groups in total. The summed E-state index contributed by atoms with van der Waals surface area (Å²) in [6.07, 6.45) is 7.58.